The van der Waals surface area contributed by atoms with E-state index in [-0.39, 0.29) is 23.7 Å². The minimum atomic E-state index is -2.79. The molecule has 226 valence electrons. The zero-order valence-corrected chi connectivity index (χ0v) is 26.6. The molecule has 0 bridgehead atoms. The molecule has 0 aromatic heterocycles. The zero-order valence-electron chi connectivity index (χ0n) is 25.6. The third-order valence-corrected chi connectivity index (χ3v) is 14.0. The number of hydrogen-bond donors (Lipinski definition) is 1. The average molecular weight is 591 g/mol. The third-order valence-electron chi connectivity index (χ3n) is 8.96. The van der Waals surface area contributed by atoms with Gasteiger partial charge in [0.25, 0.3) is 8.32 Å². The van der Waals surface area contributed by atoms with Crippen molar-refractivity contribution in [2.24, 2.45) is 5.92 Å². The van der Waals surface area contributed by atoms with Crippen molar-refractivity contribution in [2.75, 3.05) is 20.3 Å². The summed E-state index contributed by atoms with van der Waals surface area (Å²) in [5.41, 5.74) is 1.09. The molecule has 3 aromatic carbocycles. The lowest BCUT2D eigenvalue weighted by Crippen LogP contribution is -2.67. The van der Waals surface area contributed by atoms with Gasteiger partial charge in [0, 0.05) is 13.5 Å². The molecule has 0 unspecified atom stereocenters. The van der Waals surface area contributed by atoms with Crippen LogP contribution >= 0.6 is 0 Å². The van der Waals surface area contributed by atoms with E-state index in [4.69, 9.17) is 23.4 Å². The third kappa shape index (κ3) is 6.02. The number of ether oxygens (including phenoxy) is 4. The van der Waals surface area contributed by atoms with Gasteiger partial charge in [-0.3, -0.25) is 0 Å². The molecule has 2 heterocycles. The highest BCUT2D eigenvalue weighted by Gasteiger charge is 2.58. The lowest BCUT2D eigenvalue weighted by atomic mass is 9.86. The molecule has 6 nitrogen and oxygen atoms in total. The van der Waals surface area contributed by atoms with E-state index in [1.165, 1.54) is 10.4 Å². The topological polar surface area (TPSA) is 66.4 Å². The van der Waals surface area contributed by atoms with Crippen molar-refractivity contribution in [1.82, 2.24) is 0 Å². The summed E-state index contributed by atoms with van der Waals surface area (Å²) < 4.78 is 32.8. The van der Waals surface area contributed by atoms with E-state index >= 15 is 0 Å². The molecule has 2 aliphatic rings. The summed E-state index contributed by atoms with van der Waals surface area (Å²) in [6.45, 7) is 10.2. The first kappa shape index (κ1) is 31.1. The lowest BCUT2D eigenvalue weighted by Gasteiger charge is -2.48. The second kappa shape index (κ2) is 13.1. The van der Waals surface area contributed by atoms with Crippen molar-refractivity contribution < 1.29 is 28.5 Å². The normalized spacial score (nSPS) is 28.6. The Balaban J connectivity index is 1.39. The molecule has 7 heteroatoms. The predicted octanol–water partition coefficient (Wildman–Crippen LogP) is 5.07. The Bertz CT molecular complexity index is 1210. The van der Waals surface area contributed by atoms with Gasteiger partial charge in [-0.1, -0.05) is 119 Å². The maximum absolute atomic E-state index is 11.4. The highest BCUT2D eigenvalue weighted by molar-refractivity contribution is 6.99. The number of aliphatic hydroxyl groups excluding tert-OH is 1. The molecule has 42 heavy (non-hydrogen) atoms. The molecule has 0 aliphatic carbocycles. The van der Waals surface area contributed by atoms with E-state index < -0.39 is 32.4 Å². The van der Waals surface area contributed by atoms with Gasteiger partial charge in [0.2, 0.25) is 5.79 Å². The molecule has 1 N–H and O–H groups in total. The van der Waals surface area contributed by atoms with Gasteiger partial charge in [0.1, 0.15) is 18.3 Å². The summed E-state index contributed by atoms with van der Waals surface area (Å²) in [7, 11) is -1.14. The highest BCUT2D eigenvalue weighted by Crippen LogP contribution is 2.43. The largest absolute Gasteiger partial charge is 0.405 e. The Kier molecular flexibility index (Phi) is 9.69. The van der Waals surface area contributed by atoms with E-state index in [9.17, 15) is 5.11 Å². The number of hydrogen-bond acceptors (Lipinski definition) is 6. The molecule has 2 saturated heterocycles. The maximum atomic E-state index is 11.4. The van der Waals surface area contributed by atoms with Crippen LogP contribution in [0.3, 0.4) is 0 Å². The van der Waals surface area contributed by atoms with Gasteiger partial charge in [-0.15, -0.1) is 0 Å². The number of rotatable bonds is 10. The van der Waals surface area contributed by atoms with Crippen LogP contribution in [0.25, 0.3) is 0 Å². The number of benzene rings is 3. The monoisotopic (exact) mass is 590 g/mol. The quantitative estimate of drug-likeness (QED) is 0.333. The van der Waals surface area contributed by atoms with Crippen LogP contribution in [-0.4, -0.2) is 64.0 Å². The first-order valence-electron chi connectivity index (χ1n) is 15.1. The summed E-state index contributed by atoms with van der Waals surface area (Å²) in [5, 5.41) is 13.6. The number of methoxy groups -OCH3 is 1. The summed E-state index contributed by atoms with van der Waals surface area (Å²) in [6.07, 6.45) is -0.880. The van der Waals surface area contributed by atoms with Crippen LogP contribution in [0.2, 0.25) is 5.04 Å². The second-order valence-electron chi connectivity index (χ2n) is 12.7. The molecule has 0 spiro atoms. The molecule has 0 saturated carbocycles. The lowest BCUT2D eigenvalue weighted by molar-refractivity contribution is -0.350. The van der Waals surface area contributed by atoms with E-state index in [2.05, 4.69) is 88.4 Å². The fourth-order valence-electron chi connectivity index (χ4n) is 6.76. The fraction of sp³-hybridized carbons (Fsp3) is 0.486. The molecule has 2 aliphatic heterocycles. The van der Waals surface area contributed by atoms with Crippen LogP contribution in [-0.2, 0) is 30.0 Å². The molecule has 2 fully saturated rings. The van der Waals surface area contributed by atoms with Crippen molar-refractivity contribution >= 4 is 18.7 Å². The summed E-state index contributed by atoms with van der Waals surface area (Å²) in [4.78, 5) is 0. The zero-order chi connectivity index (χ0) is 29.8. The first-order valence-corrected chi connectivity index (χ1v) is 17.1. The Morgan fingerprint density at radius 2 is 1.48 bits per heavy atom. The predicted molar refractivity (Wildman–Crippen MR) is 167 cm³/mol. The second-order valence-corrected chi connectivity index (χ2v) is 17.0. The van der Waals surface area contributed by atoms with Gasteiger partial charge in [0.05, 0.1) is 25.9 Å². The van der Waals surface area contributed by atoms with E-state index in [1.54, 1.807) is 7.11 Å². The first-order chi connectivity index (χ1) is 20.2. The van der Waals surface area contributed by atoms with Crippen LogP contribution < -0.4 is 10.4 Å². The highest BCUT2D eigenvalue weighted by atomic mass is 28.4. The number of aliphatic hydroxyl groups is 1. The van der Waals surface area contributed by atoms with Gasteiger partial charge in [-0.25, -0.2) is 0 Å². The van der Waals surface area contributed by atoms with Crippen LogP contribution in [0.15, 0.2) is 91.0 Å². The molecule has 3 aromatic rings. The molecule has 5 rings (SSSR count). The maximum Gasteiger partial charge on any atom is 0.261 e. The Hall–Kier alpha value is -2.36. The minimum Gasteiger partial charge on any atom is -0.405 e. The van der Waals surface area contributed by atoms with Gasteiger partial charge in [0.15, 0.2) is 0 Å². The van der Waals surface area contributed by atoms with E-state index in [0.29, 0.717) is 19.6 Å². The van der Waals surface area contributed by atoms with Crippen molar-refractivity contribution in [3.05, 3.63) is 96.6 Å². The van der Waals surface area contributed by atoms with Gasteiger partial charge in [-0.05, 0) is 33.3 Å². The average Bonchev–Trinajstić information content (AvgIpc) is 3.38. The Morgan fingerprint density at radius 1 is 0.905 bits per heavy atom. The van der Waals surface area contributed by atoms with Crippen LogP contribution in [0.5, 0.6) is 0 Å². The summed E-state index contributed by atoms with van der Waals surface area (Å²) in [6, 6.07) is 31.2. The molecular formula is C35H46O6Si. The van der Waals surface area contributed by atoms with Gasteiger partial charge < -0.3 is 28.5 Å². The standard InChI is InChI=1S/C35H46O6Si/c1-26-21-22-39-35(37-5,33(26)38-24-27-15-9-6-10-16-27)32-23-30(36)31(41-32)25-40-42(34(2,3)4,28-17-11-7-12-18-28)29-19-13-8-14-20-29/h6-20,26,30-33,36H,21-25H2,1-5H3/t26-,30-,31-,32+,33-,35-/m1/s1. The Labute approximate surface area is 252 Å². The summed E-state index contributed by atoms with van der Waals surface area (Å²) in [5.74, 6) is -0.935. The van der Waals surface area contributed by atoms with Crippen LogP contribution in [0, 0.1) is 5.92 Å². The van der Waals surface area contributed by atoms with Crippen LogP contribution in [0.4, 0.5) is 0 Å². The van der Waals surface area contributed by atoms with E-state index in [1.807, 2.05) is 30.3 Å². The van der Waals surface area contributed by atoms with Crippen molar-refractivity contribution in [3.8, 4) is 0 Å². The molecule has 6 atom stereocenters. The fourth-order valence-corrected chi connectivity index (χ4v) is 11.3. The summed E-state index contributed by atoms with van der Waals surface area (Å²) >= 11 is 0. The SMILES string of the molecule is CO[C@]1([C@@H]2C[C@@H](O)[C@@H](CO[Si](c3ccccc3)(c3ccccc3)C(C)(C)C)O2)OCC[C@@H](C)[C@H]1OCc1ccccc1. The smallest absolute Gasteiger partial charge is 0.261 e. The van der Waals surface area contributed by atoms with Gasteiger partial charge in [-0.2, -0.15) is 0 Å². The van der Waals surface area contributed by atoms with Crippen molar-refractivity contribution in [3.63, 3.8) is 0 Å². The molecule has 0 amide bonds. The molecule has 0 radical (unpaired) electrons. The van der Waals surface area contributed by atoms with E-state index in [0.717, 1.165) is 12.0 Å². The Morgan fingerprint density at radius 3 is 2.02 bits per heavy atom. The molecular weight excluding hydrogens is 544 g/mol. The van der Waals surface area contributed by atoms with Crippen LogP contribution in [0.1, 0.15) is 46.1 Å². The van der Waals surface area contributed by atoms with Crippen molar-refractivity contribution in [2.45, 2.75) is 82.4 Å². The minimum absolute atomic E-state index is 0.176. The van der Waals surface area contributed by atoms with Gasteiger partial charge >= 0.3 is 0 Å². The van der Waals surface area contributed by atoms with Crippen molar-refractivity contribution in [1.29, 1.82) is 0 Å².